The lowest BCUT2D eigenvalue weighted by Gasteiger charge is -2.33. The van der Waals surface area contributed by atoms with E-state index in [1.54, 1.807) is 62.4 Å². The van der Waals surface area contributed by atoms with Crippen LogP contribution in [0.15, 0.2) is 77.7 Å². The van der Waals surface area contributed by atoms with Gasteiger partial charge in [0.15, 0.2) is 0 Å². The maximum atomic E-state index is 14.0. The van der Waals surface area contributed by atoms with Gasteiger partial charge in [0.2, 0.25) is 11.8 Å². The van der Waals surface area contributed by atoms with Gasteiger partial charge in [-0.15, -0.1) is 0 Å². The van der Waals surface area contributed by atoms with Gasteiger partial charge in [0.25, 0.3) is 10.0 Å². The summed E-state index contributed by atoms with van der Waals surface area (Å²) in [6, 6.07) is 18.5. The summed E-state index contributed by atoms with van der Waals surface area (Å²) in [6.45, 7) is 3.48. The number of sulfonamides is 1. The van der Waals surface area contributed by atoms with Crippen molar-refractivity contribution in [2.45, 2.75) is 37.8 Å². The first kappa shape index (κ1) is 30.8. The number of methoxy groups -OCH3 is 2. The molecule has 0 heterocycles. The average Bonchev–Trinajstić information content (AvgIpc) is 2.96. The summed E-state index contributed by atoms with van der Waals surface area (Å²) in [6.07, 6.45) is 0.324. The van der Waals surface area contributed by atoms with Crippen LogP contribution in [0.3, 0.4) is 0 Å². The van der Waals surface area contributed by atoms with Crippen LogP contribution in [0.1, 0.15) is 25.8 Å². The van der Waals surface area contributed by atoms with Gasteiger partial charge in [-0.3, -0.25) is 13.9 Å². The minimum atomic E-state index is -4.25. The Bertz CT molecular complexity index is 1400. The Labute approximate surface area is 240 Å². The number of para-hydroxylation sites is 2. The normalized spacial score (nSPS) is 11.8. The molecule has 0 bridgehead atoms. The molecule has 0 aliphatic heterocycles. The third kappa shape index (κ3) is 7.25. The molecule has 214 valence electrons. The Hall–Kier alpha value is -3.76. The van der Waals surface area contributed by atoms with Crippen LogP contribution < -0.4 is 19.1 Å². The van der Waals surface area contributed by atoms with E-state index in [1.165, 1.54) is 43.4 Å². The monoisotopic (exact) mass is 587 g/mol. The Morgan fingerprint density at radius 3 is 2.15 bits per heavy atom. The van der Waals surface area contributed by atoms with Gasteiger partial charge in [-0.2, -0.15) is 0 Å². The van der Waals surface area contributed by atoms with Gasteiger partial charge < -0.3 is 19.7 Å². The highest BCUT2D eigenvalue weighted by Gasteiger charge is 2.34. The Morgan fingerprint density at radius 1 is 0.925 bits per heavy atom. The number of halogens is 1. The molecule has 0 aliphatic carbocycles. The maximum absolute atomic E-state index is 14.0. The molecular formula is C29H34ClN3O6S. The number of nitrogens with zero attached hydrogens (tertiary/aromatic N) is 2. The average molecular weight is 588 g/mol. The fraction of sp³-hybridized carbons (Fsp3) is 0.310. The van der Waals surface area contributed by atoms with Crippen molar-refractivity contribution in [3.05, 3.63) is 83.4 Å². The van der Waals surface area contributed by atoms with Crippen LogP contribution in [0.5, 0.6) is 11.5 Å². The van der Waals surface area contributed by atoms with Crippen LogP contribution in [-0.4, -0.2) is 58.5 Å². The molecule has 1 unspecified atom stereocenters. The van der Waals surface area contributed by atoms with Gasteiger partial charge in [-0.05, 0) is 67.4 Å². The fourth-order valence-electron chi connectivity index (χ4n) is 4.22. The molecule has 0 saturated carbocycles. The number of hydrogen-bond donors (Lipinski definition) is 1. The number of carbonyl (C=O) groups is 2. The van der Waals surface area contributed by atoms with E-state index in [1.807, 2.05) is 0 Å². The quantitative estimate of drug-likeness (QED) is 0.316. The molecule has 3 aromatic rings. The summed E-state index contributed by atoms with van der Waals surface area (Å²) >= 11 is 6.05. The topological polar surface area (TPSA) is 105 Å². The molecule has 40 heavy (non-hydrogen) atoms. The number of rotatable bonds is 13. The van der Waals surface area contributed by atoms with Gasteiger partial charge >= 0.3 is 0 Å². The van der Waals surface area contributed by atoms with E-state index in [9.17, 15) is 18.0 Å². The molecule has 3 aromatic carbocycles. The number of carbonyl (C=O) groups excluding carboxylic acids is 2. The first-order chi connectivity index (χ1) is 19.2. The van der Waals surface area contributed by atoms with Crippen molar-refractivity contribution < 1.29 is 27.5 Å². The predicted molar refractivity (Wildman–Crippen MR) is 155 cm³/mol. The molecule has 1 N–H and O–H groups in total. The molecule has 0 aliphatic rings. The minimum Gasteiger partial charge on any atom is -0.497 e. The second-order valence-electron chi connectivity index (χ2n) is 8.83. The van der Waals surface area contributed by atoms with Gasteiger partial charge in [0, 0.05) is 18.1 Å². The van der Waals surface area contributed by atoms with Crippen LogP contribution in [0.2, 0.25) is 5.02 Å². The van der Waals surface area contributed by atoms with E-state index >= 15 is 0 Å². The summed E-state index contributed by atoms with van der Waals surface area (Å²) in [4.78, 5) is 28.4. The molecule has 3 rings (SSSR count). The van der Waals surface area contributed by atoms with Crippen molar-refractivity contribution in [1.82, 2.24) is 10.2 Å². The molecule has 0 saturated heterocycles. The largest absolute Gasteiger partial charge is 0.497 e. The standard InChI is InChI=1S/C29H34ClN3O6S/c1-5-25(29(35)31-6-2)32(19-21-11-13-22(30)14-12-21)28(34)20-33(26-9-7-8-10-27(26)39-4)40(36,37)24-17-15-23(38-3)16-18-24/h7-18,25H,5-6,19-20H2,1-4H3,(H,31,35). The van der Waals surface area contributed by atoms with Gasteiger partial charge in [-0.25, -0.2) is 8.42 Å². The second-order valence-corrected chi connectivity index (χ2v) is 11.1. The van der Waals surface area contributed by atoms with Gasteiger partial charge in [-0.1, -0.05) is 42.8 Å². The molecule has 0 radical (unpaired) electrons. The predicted octanol–water partition coefficient (Wildman–Crippen LogP) is 4.50. The third-order valence-electron chi connectivity index (χ3n) is 6.28. The number of nitrogens with one attached hydrogen (secondary N) is 1. The Morgan fingerprint density at radius 2 is 1.57 bits per heavy atom. The molecule has 0 spiro atoms. The highest BCUT2D eigenvalue weighted by Crippen LogP contribution is 2.33. The van der Waals surface area contributed by atoms with Crippen molar-refractivity contribution in [2.24, 2.45) is 0 Å². The summed E-state index contributed by atoms with van der Waals surface area (Å²) in [5, 5.41) is 3.31. The Balaban J connectivity index is 2.09. The van der Waals surface area contributed by atoms with Crippen LogP contribution >= 0.6 is 11.6 Å². The number of hydrogen-bond acceptors (Lipinski definition) is 6. The van der Waals surface area contributed by atoms with E-state index in [0.29, 0.717) is 23.7 Å². The number of amides is 2. The highest BCUT2D eigenvalue weighted by atomic mass is 35.5. The van der Waals surface area contributed by atoms with Crippen LogP contribution in [0.4, 0.5) is 5.69 Å². The zero-order chi connectivity index (χ0) is 29.3. The Kier molecular flexibility index (Phi) is 10.8. The molecule has 2 amide bonds. The van der Waals surface area contributed by atoms with E-state index in [2.05, 4.69) is 5.32 Å². The van der Waals surface area contributed by atoms with Gasteiger partial charge in [0.1, 0.15) is 24.1 Å². The number of anilines is 1. The van der Waals surface area contributed by atoms with Crippen LogP contribution in [0.25, 0.3) is 0 Å². The first-order valence-corrected chi connectivity index (χ1v) is 14.6. The summed E-state index contributed by atoms with van der Waals surface area (Å²) in [7, 11) is -1.34. The van der Waals surface area contributed by atoms with Crippen molar-refractivity contribution >= 4 is 39.1 Å². The summed E-state index contributed by atoms with van der Waals surface area (Å²) < 4.78 is 39.6. The molecule has 1 atom stereocenters. The molecular weight excluding hydrogens is 554 g/mol. The molecule has 0 fully saturated rings. The van der Waals surface area contributed by atoms with E-state index in [0.717, 1.165) is 9.87 Å². The molecule has 11 heteroatoms. The lowest BCUT2D eigenvalue weighted by atomic mass is 10.1. The summed E-state index contributed by atoms with van der Waals surface area (Å²) in [5.74, 6) is -0.127. The van der Waals surface area contributed by atoms with Crippen molar-refractivity contribution in [3.63, 3.8) is 0 Å². The van der Waals surface area contributed by atoms with E-state index < -0.39 is 28.5 Å². The van der Waals surface area contributed by atoms with Crippen LogP contribution in [0, 0.1) is 0 Å². The second kappa shape index (κ2) is 14.0. The first-order valence-electron chi connectivity index (χ1n) is 12.8. The molecule has 0 aromatic heterocycles. The van der Waals surface area contributed by atoms with E-state index in [-0.39, 0.29) is 28.8 Å². The third-order valence-corrected chi connectivity index (χ3v) is 8.31. The maximum Gasteiger partial charge on any atom is 0.264 e. The zero-order valence-electron chi connectivity index (χ0n) is 23.0. The zero-order valence-corrected chi connectivity index (χ0v) is 24.5. The van der Waals surface area contributed by atoms with Crippen molar-refractivity contribution in [2.75, 3.05) is 31.6 Å². The lowest BCUT2D eigenvalue weighted by Crippen LogP contribution is -2.52. The number of benzene rings is 3. The number of ether oxygens (including phenoxy) is 2. The highest BCUT2D eigenvalue weighted by molar-refractivity contribution is 7.92. The fourth-order valence-corrected chi connectivity index (χ4v) is 5.77. The smallest absolute Gasteiger partial charge is 0.264 e. The van der Waals surface area contributed by atoms with Gasteiger partial charge in [0.05, 0.1) is 24.8 Å². The molecule has 9 nitrogen and oxygen atoms in total. The SMILES string of the molecule is CCNC(=O)C(CC)N(Cc1ccc(Cl)cc1)C(=O)CN(c1ccccc1OC)S(=O)(=O)c1ccc(OC)cc1. The van der Waals surface area contributed by atoms with E-state index in [4.69, 9.17) is 21.1 Å². The van der Waals surface area contributed by atoms with Crippen molar-refractivity contribution in [1.29, 1.82) is 0 Å². The summed E-state index contributed by atoms with van der Waals surface area (Å²) in [5.41, 5.74) is 0.925. The van der Waals surface area contributed by atoms with Crippen LogP contribution in [-0.2, 0) is 26.2 Å². The minimum absolute atomic E-state index is 0.0352. The lowest BCUT2D eigenvalue weighted by molar-refractivity contribution is -0.140. The number of likely N-dealkylation sites (N-methyl/N-ethyl adjacent to an activating group) is 1. The van der Waals surface area contributed by atoms with Crippen molar-refractivity contribution in [3.8, 4) is 11.5 Å².